The number of rotatable bonds is 3. The largest absolute Gasteiger partial charge is 0.370 e. The van der Waals surface area contributed by atoms with E-state index in [0.717, 1.165) is 43.8 Å². The van der Waals surface area contributed by atoms with Crippen LogP contribution >= 0.6 is 0 Å². The molecule has 0 aliphatic carbocycles. The molecule has 1 amide bonds. The summed E-state index contributed by atoms with van der Waals surface area (Å²) in [4.78, 5) is 18.5. The fourth-order valence-corrected chi connectivity index (χ4v) is 2.66. The molecule has 3 rings (SSSR count). The predicted octanol–water partition coefficient (Wildman–Crippen LogP) is 3.60. The van der Waals surface area contributed by atoms with Crippen molar-refractivity contribution in [2.45, 2.75) is 19.3 Å². The lowest BCUT2D eigenvalue weighted by molar-refractivity contribution is 0.102. The number of halogens is 2. The van der Waals surface area contributed by atoms with Crippen LogP contribution in [0.15, 0.2) is 36.7 Å². The molecule has 0 spiro atoms. The van der Waals surface area contributed by atoms with Gasteiger partial charge in [-0.2, -0.15) is 0 Å². The quantitative estimate of drug-likeness (QED) is 0.941. The molecule has 2 aromatic rings. The van der Waals surface area contributed by atoms with Crippen molar-refractivity contribution in [3.63, 3.8) is 0 Å². The van der Waals surface area contributed by atoms with Crippen molar-refractivity contribution in [3.8, 4) is 0 Å². The molecule has 1 saturated heterocycles. The number of piperidine rings is 1. The molecule has 1 aliphatic heterocycles. The fourth-order valence-electron chi connectivity index (χ4n) is 2.66. The summed E-state index contributed by atoms with van der Waals surface area (Å²) in [5.74, 6) is -1.96. The number of benzene rings is 1. The van der Waals surface area contributed by atoms with E-state index < -0.39 is 17.5 Å². The van der Waals surface area contributed by atoms with E-state index in [1.54, 1.807) is 12.3 Å². The Balaban J connectivity index is 1.76. The molecule has 4 nitrogen and oxygen atoms in total. The third-order valence-corrected chi connectivity index (χ3v) is 3.89. The van der Waals surface area contributed by atoms with Crippen LogP contribution in [0.4, 0.5) is 20.2 Å². The summed E-state index contributed by atoms with van der Waals surface area (Å²) < 4.78 is 26.5. The molecule has 0 unspecified atom stereocenters. The van der Waals surface area contributed by atoms with Crippen LogP contribution in [0.25, 0.3) is 0 Å². The number of amides is 1. The molecule has 6 heteroatoms. The van der Waals surface area contributed by atoms with Crippen LogP contribution in [0.1, 0.15) is 29.6 Å². The summed E-state index contributed by atoms with van der Waals surface area (Å²) >= 11 is 0. The van der Waals surface area contributed by atoms with Crippen molar-refractivity contribution in [1.82, 2.24) is 4.98 Å². The second kappa shape index (κ2) is 6.73. The van der Waals surface area contributed by atoms with Gasteiger partial charge in [-0.25, -0.2) is 8.78 Å². The molecule has 1 fully saturated rings. The van der Waals surface area contributed by atoms with E-state index in [9.17, 15) is 13.6 Å². The Hall–Kier alpha value is -2.50. The van der Waals surface area contributed by atoms with Crippen LogP contribution in [-0.4, -0.2) is 24.0 Å². The lowest BCUT2D eigenvalue weighted by Crippen LogP contribution is -2.29. The van der Waals surface area contributed by atoms with E-state index in [0.29, 0.717) is 5.56 Å². The number of carbonyl (C=O) groups is 1. The number of aromatic nitrogens is 1. The van der Waals surface area contributed by atoms with Gasteiger partial charge in [0.25, 0.3) is 5.91 Å². The average molecular weight is 317 g/mol. The Labute approximate surface area is 133 Å². The van der Waals surface area contributed by atoms with Gasteiger partial charge in [-0.1, -0.05) is 0 Å². The summed E-state index contributed by atoms with van der Waals surface area (Å²) in [6, 6.07) is 4.78. The molecule has 1 aliphatic rings. The highest BCUT2D eigenvalue weighted by molar-refractivity contribution is 6.04. The summed E-state index contributed by atoms with van der Waals surface area (Å²) in [6.45, 7) is 1.89. The highest BCUT2D eigenvalue weighted by atomic mass is 19.1. The zero-order valence-corrected chi connectivity index (χ0v) is 12.6. The summed E-state index contributed by atoms with van der Waals surface area (Å²) in [7, 11) is 0. The minimum Gasteiger partial charge on any atom is -0.370 e. The zero-order chi connectivity index (χ0) is 16.2. The SMILES string of the molecule is O=C(Nc1ccc(F)cc1F)c1cncc(N2CCCCC2)c1. The van der Waals surface area contributed by atoms with E-state index >= 15 is 0 Å². The van der Waals surface area contributed by atoms with Gasteiger partial charge in [0, 0.05) is 25.4 Å². The van der Waals surface area contributed by atoms with Crippen LogP contribution in [-0.2, 0) is 0 Å². The van der Waals surface area contributed by atoms with E-state index in [4.69, 9.17) is 0 Å². The fraction of sp³-hybridized carbons (Fsp3) is 0.294. The van der Waals surface area contributed by atoms with Crippen LogP contribution < -0.4 is 10.2 Å². The third kappa shape index (κ3) is 3.64. The molecule has 1 N–H and O–H groups in total. The molecule has 0 radical (unpaired) electrons. The number of pyridine rings is 1. The molecule has 23 heavy (non-hydrogen) atoms. The van der Waals surface area contributed by atoms with Gasteiger partial charge in [0.1, 0.15) is 11.6 Å². The summed E-state index contributed by atoms with van der Waals surface area (Å²) in [6.07, 6.45) is 6.62. The van der Waals surface area contributed by atoms with Gasteiger partial charge in [-0.3, -0.25) is 9.78 Å². The van der Waals surface area contributed by atoms with E-state index in [2.05, 4.69) is 15.2 Å². The highest BCUT2D eigenvalue weighted by Crippen LogP contribution is 2.21. The number of carbonyl (C=O) groups excluding carboxylic acids is 1. The van der Waals surface area contributed by atoms with Crippen LogP contribution in [0, 0.1) is 11.6 Å². The summed E-state index contributed by atoms with van der Waals surface area (Å²) in [5.41, 5.74) is 1.17. The maximum Gasteiger partial charge on any atom is 0.257 e. The molecule has 0 atom stereocenters. The van der Waals surface area contributed by atoms with Crippen molar-refractivity contribution in [2.75, 3.05) is 23.3 Å². The number of hydrogen-bond acceptors (Lipinski definition) is 3. The monoisotopic (exact) mass is 317 g/mol. The van der Waals surface area contributed by atoms with Crippen molar-refractivity contribution in [3.05, 3.63) is 53.9 Å². The average Bonchev–Trinajstić information content (AvgIpc) is 2.58. The smallest absolute Gasteiger partial charge is 0.257 e. The van der Waals surface area contributed by atoms with Gasteiger partial charge in [0.15, 0.2) is 0 Å². The van der Waals surface area contributed by atoms with Crippen molar-refractivity contribution in [1.29, 1.82) is 0 Å². The van der Waals surface area contributed by atoms with E-state index in [1.807, 2.05) is 0 Å². The lowest BCUT2D eigenvalue weighted by Gasteiger charge is -2.28. The highest BCUT2D eigenvalue weighted by Gasteiger charge is 2.15. The second-order valence-electron chi connectivity index (χ2n) is 5.56. The standard InChI is InChI=1S/C17H17F2N3O/c18-13-4-5-16(15(19)9-13)21-17(23)12-8-14(11-20-10-12)22-6-2-1-3-7-22/h4-5,8-11H,1-3,6-7H2,(H,21,23). The first-order valence-electron chi connectivity index (χ1n) is 7.60. The molecule has 120 valence electrons. The molecule has 1 aromatic carbocycles. The Morgan fingerprint density at radius 3 is 2.61 bits per heavy atom. The minimum atomic E-state index is -0.807. The number of nitrogens with one attached hydrogen (secondary N) is 1. The number of anilines is 2. The molecule has 0 bridgehead atoms. The van der Waals surface area contributed by atoms with Crippen LogP contribution in [0.3, 0.4) is 0 Å². The molecular formula is C17H17F2N3O. The maximum atomic E-state index is 13.6. The predicted molar refractivity (Wildman–Crippen MR) is 84.6 cm³/mol. The molecule has 2 heterocycles. The third-order valence-electron chi connectivity index (χ3n) is 3.89. The van der Waals surface area contributed by atoms with Gasteiger partial charge < -0.3 is 10.2 Å². The van der Waals surface area contributed by atoms with E-state index in [-0.39, 0.29) is 5.69 Å². The summed E-state index contributed by atoms with van der Waals surface area (Å²) in [5, 5.41) is 2.44. The first-order chi connectivity index (χ1) is 11.1. The Morgan fingerprint density at radius 1 is 1.09 bits per heavy atom. The zero-order valence-electron chi connectivity index (χ0n) is 12.6. The van der Waals surface area contributed by atoms with Crippen molar-refractivity contribution >= 4 is 17.3 Å². The number of nitrogens with zero attached hydrogens (tertiary/aromatic N) is 2. The lowest BCUT2D eigenvalue weighted by atomic mass is 10.1. The second-order valence-corrected chi connectivity index (χ2v) is 5.56. The Bertz CT molecular complexity index is 715. The van der Waals surface area contributed by atoms with Crippen molar-refractivity contribution in [2.24, 2.45) is 0 Å². The molecule has 1 aromatic heterocycles. The normalized spacial score (nSPS) is 14.6. The maximum absolute atomic E-state index is 13.6. The van der Waals surface area contributed by atoms with E-state index in [1.165, 1.54) is 18.7 Å². The first-order valence-corrected chi connectivity index (χ1v) is 7.60. The van der Waals surface area contributed by atoms with Crippen LogP contribution in [0.5, 0.6) is 0 Å². The van der Waals surface area contributed by atoms with Gasteiger partial charge in [0.05, 0.1) is 23.1 Å². The van der Waals surface area contributed by atoms with Gasteiger partial charge in [-0.05, 0) is 37.5 Å². The van der Waals surface area contributed by atoms with Crippen LogP contribution in [0.2, 0.25) is 0 Å². The Morgan fingerprint density at radius 2 is 1.87 bits per heavy atom. The first kappa shape index (κ1) is 15.4. The van der Waals surface area contributed by atoms with Crippen molar-refractivity contribution < 1.29 is 13.6 Å². The molecular weight excluding hydrogens is 300 g/mol. The van der Waals surface area contributed by atoms with Gasteiger partial charge in [-0.15, -0.1) is 0 Å². The molecule has 0 saturated carbocycles. The van der Waals surface area contributed by atoms with Gasteiger partial charge >= 0.3 is 0 Å². The Kier molecular flexibility index (Phi) is 4.50. The number of hydrogen-bond donors (Lipinski definition) is 1. The van der Waals surface area contributed by atoms with Gasteiger partial charge in [0.2, 0.25) is 0 Å². The minimum absolute atomic E-state index is 0.0558. The topological polar surface area (TPSA) is 45.2 Å².